The molecule has 0 saturated carbocycles. The van der Waals surface area contributed by atoms with Gasteiger partial charge >= 0.3 is 5.97 Å². The molecule has 2 bridgehead atoms. The number of aryl methyl sites for hydroxylation is 1. The highest BCUT2D eigenvalue weighted by molar-refractivity contribution is 5.88. The van der Waals surface area contributed by atoms with Gasteiger partial charge in [0.25, 0.3) is 0 Å². The fourth-order valence-corrected chi connectivity index (χ4v) is 2.60. The van der Waals surface area contributed by atoms with Crippen molar-refractivity contribution in [1.29, 1.82) is 0 Å². The van der Waals surface area contributed by atoms with Crippen molar-refractivity contribution < 1.29 is 14.6 Å². The van der Waals surface area contributed by atoms with Crippen LogP contribution >= 0.6 is 0 Å². The number of carbonyl (C=O) groups is 1. The highest BCUT2D eigenvalue weighted by Crippen LogP contribution is 2.28. The second-order valence-corrected chi connectivity index (χ2v) is 4.84. The van der Waals surface area contributed by atoms with E-state index < -0.39 is 5.97 Å². The lowest BCUT2D eigenvalue weighted by atomic mass is 10.2. The number of nitrogens with zero attached hydrogens (tertiary/aromatic N) is 3. The van der Waals surface area contributed by atoms with Gasteiger partial charge in [-0.15, -0.1) is 0 Å². The Morgan fingerprint density at radius 3 is 2.67 bits per heavy atom. The van der Waals surface area contributed by atoms with Gasteiger partial charge in [0.15, 0.2) is 0 Å². The molecule has 6 nitrogen and oxygen atoms in total. The van der Waals surface area contributed by atoms with E-state index in [1.54, 1.807) is 6.92 Å². The predicted octanol–water partition coefficient (Wildman–Crippen LogP) is 0.851. The molecular weight excluding hydrogens is 234 g/mol. The van der Waals surface area contributed by atoms with E-state index in [9.17, 15) is 4.79 Å². The van der Waals surface area contributed by atoms with Gasteiger partial charge in [-0.25, -0.2) is 14.8 Å². The van der Waals surface area contributed by atoms with E-state index in [1.165, 1.54) is 6.20 Å². The van der Waals surface area contributed by atoms with E-state index in [2.05, 4.69) is 14.9 Å². The van der Waals surface area contributed by atoms with Gasteiger partial charge in [0.2, 0.25) is 5.95 Å². The first-order chi connectivity index (χ1) is 8.63. The number of hydrogen-bond donors (Lipinski definition) is 1. The molecule has 1 aromatic rings. The van der Waals surface area contributed by atoms with E-state index in [-0.39, 0.29) is 17.8 Å². The summed E-state index contributed by atoms with van der Waals surface area (Å²) in [6.07, 6.45) is 4.11. The van der Waals surface area contributed by atoms with E-state index in [1.807, 2.05) is 0 Å². The van der Waals surface area contributed by atoms with Gasteiger partial charge in [0.05, 0.1) is 23.5 Å². The molecule has 0 aromatic carbocycles. The maximum Gasteiger partial charge on any atom is 0.339 e. The first-order valence-corrected chi connectivity index (χ1v) is 6.11. The molecule has 2 unspecified atom stereocenters. The zero-order valence-electron chi connectivity index (χ0n) is 10.2. The van der Waals surface area contributed by atoms with Crippen molar-refractivity contribution >= 4 is 11.9 Å². The van der Waals surface area contributed by atoms with Gasteiger partial charge in [-0.1, -0.05) is 0 Å². The van der Waals surface area contributed by atoms with Gasteiger partial charge in [0.1, 0.15) is 0 Å². The van der Waals surface area contributed by atoms with E-state index in [0.29, 0.717) is 11.6 Å². The Balaban J connectivity index is 1.84. The summed E-state index contributed by atoms with van der Waals surface area (Å²) in [7, 11) is 0. The van der Waals surface area contributed by atoms with Crippen LogP contribution in [0.3, 0.4) is 0 Å². The van der Waals surface area contributed by atoms with Gasteiger partial charge in [-0.2, -0.15) is 0 Å². The minimum absolute atomic E-state index is 0.162. The van der Waals surface area contributed by atoms with Crippen molar-refractivity contribution in [2.75, 3.05) is 18.0 Å². The lowest BCUT2D eigenvalue weighted by Crippen LogP contribution is -2.43. The van der Waals surface area contributed by atoms with Crippen molar-refractivity contribution in [2.24, 2.45) is 0 Å². The lowest BCUT2D eigenvalue weighted by Gasteiger charge is -2.32. The number of aromatic carboxylic acids is 1. The molecule has 2 atom stereocenters. The summed E-state index contributed by atoms with van der Waals surface area (Å²) in [4.78, 5) is 21.5. The van der Waals surface area contributed by atoms with Crippen molar-refractivity contribution in [1.82, 2.24) is 9.97 Å². The number of morpholine rings is 1. The molecule has 2 aliphatic heterocycles. The summed E-state index contributed by atoms with van der Waals surface area (Å²) in [5, 5.41) is 8.95. The standard InChI is InChI=1S/C12H15N3O3/c1-7-10(11(16)17)4-13-12(14-7)15-5-8-2-3-9(6-15)18-8/h4,8-9H,2-3,5-6H2,1H3,(H,16,17). The zero-order valence-corrected chi connectivity index (χ0v) is 10.2. The number of carboxylic acids is 1. The van der Waals surface area contributed by atoms with Gasteiger partial charge in [-0.3, -0.25) is 0 Å². The summed E-state index contributed by atoms with van der Waals surface area (Å²) in [6.45, 7) is 3.29. The SMILES string of the molecule is Cc1nc(N2CC3CCC(C2)O3)ncc1C(=O)O. The molecule has 1 N–H and O–H groups in total. The highest BCUT2D eigenvalue weighted by atomic mass is 16.5. The Hall–Kier alpha value is -1.69. The molecular formula is C12H15N3O3. The third kappa shape index (κ3) is 1.92. The number of ether oxygens (including phenoxy) is 1. The number of hydrogen-bond acceptors (Lipinski definition) is 5. The molecule has 3 rings (SSSR count). The highest BCUT2D eigenvalue weighted by Gasteiger charge is 2.34. The van der Waals surface area contributed by atoms with Crippen LogP contribution in [0.25, 0.3) is 0 Å². The molecule has 3 heterocycles. The Kier molecular flexibility index (Phi) is 2.66. The Morgan fingerprint density at radius 2 is 2.11 bits per heavy atom. The molecule has 0 spiro atoms. The van der Waals surface area contributed by atoms with E-state index >= 15 is 0 Å². The minimum atomic E-state index is -0.985. The summed E-state index contributed by atoms with van der Waals surface area (Å²) < 4.78 is 5.75. The predicted molar refractivity (Wildman–Crippen MR) is 63.8 cm³/mol. The number of anilines is 1. The fraction of sp³-hybridized carbons (Fsp3) is 0.583. The molecule has 2 aliphatic rings. The summed E-state index contributed by atoms with van der Waals surface area (Å²) in [5.41, 5.74) is 0.668. The van der Waals surface area contributed by atoms with Gasteiger partial charge in [-0.05, 0) is 19.8 Å². The minimum Gasteiger partial charge on any atom is -0.478 e. The van der Waals surface area contributed by atoms with Crippen LogP contribution in [0, 0.1) is 6.92 Å². The van der Waals surface area contributed by atoms with Gasteiger partial charge in [0, 0.05) is 19.3 Å². The van der Waals surface area contributed by atoms with Crippen LogP contribution in [-0.2, 0) is 4.74 Å². The van der Waals surface area contributed by atoms with Crippen LogP contribution < -0.4 is 4.90 Å². The van der Waals surface area contributed by atoms with Crippen LogP contribution in [0.5, 0.6) is 0 Å². The number of aromatic nitrogens is 2. The fourth-order valence-electron chi connectivity index (χ4n) is 2.60. The van der Waals surface area contributed by atoms with Crippen LogP contribution in [0.15, 0.2) is 6.20 Å². The molecule has 2 fully saturated rings. The summed E-state index contributed by atoms with van der Waals surface area (Å²) in [6, 6.07) is 0. The average Bonchev–Trinajstić information content (AvgIpc) is 2.67. The molecule has 0 aliphatic carbocycles. The summed E-state index contributed by atoms with van der Waals surface area (Å²) >= 11 is 0. The zero-order chi connectivity index (χ0) is 12.7. The molecule has 6 heteroatoms. The second-order valence-electron chi connectivity index (χ2n) is 4.84. The number of carboxylic acid groups (broad SMARTS) is 1. The molecule has 0 amide bonds. The van der Waals surface area contributed by atoms with Gasteiger partial charge < -0.3 is 14.7 Å². The monoisotopic (exact) mass is 249 g/mol. The molecule has 0 radical (unpaired) electrons. The quantitative estimate of drug-likeness (QED) is 0.837. The largest absolute Gasteiger partial charge is 0.478 e. The molecule has 2 saturated heterocycles. The smallest absolute Gasteiger partial charge is 0.339 e. The Morgan fingerprint density at radius 1 is 1.44 bits per heavy atom. The number of fused-ring (bicyclic) bond motifs is 2. The third-order valence-electron chi connectivity index (χ3n) is 3.52. The van der Waals surface area contributed by atoms with Crippen LogP contribution in [0.1, 0.15) is 28.9 Å². The molecule has 96 valence electrons. The van der Waals surface area contributed by atoms with Crippen molar-refractivity contribution in [2.45, 2.75) is 32.0 Å². The van der Waals surface area contributed by atoms with Crippen LogP contribution in [-0.4, -0.2) is 46.3 Å². The Labute approximate surface area is 105 Å². The van der Waals surface area contributed by atoms with Crippen LogP contribution in [0.4, 0.5) is 5.95 Å². The second kappa shape index (κ2) is 4.20. The lowest BCUT2D eigenvalue weighted by molar-refractivity contribution is 0.0299. The van der Waals surface area contributed by atoms with Crippen molar-refractivity contribution in [3.8, 4) is 0 Å². The normalized spacial score (nSPS) is 26.4. The third-order valence-corrected chi connectivity index (χ3v) is 3.52. The maximum absolute atomic E-state index is 10.9. The van der Waals surface area contributed by atoms with Crippen LogP contribution in [0.2, 0.25) is 0 Å². The average molecular weight is 249 g/mol. The van der Waals surface area contributed by atoms with E-state index in [0.717, 1.165) is 25.9 Å². The molecule has 18 heavy (non-hydrogen) atoms. The number of rotatable bonds is 2. The first-order valence-electron chi connectivity index (χ1n) is 6.11. The topological polar surface area (TPSA) is 75.5 Å². The Bertz CT molecular complexity index is 479. The van der Waals surface area contributed by atoms with Crippen molar-refractivity contribution in [3.63, 3.8) is 0 Å². The van der Waals surface area contributed by atoms with E-state index in [4.69, 9.17) is 9.84 Å². The summed E-state index contributed by atoms with van der Waals surface area (Å²) in [5.74, 6) is -0.376. The first kappa shape index (κ1) is 11.4. The van der Waals surface area contributed by atoms with Crippen molar-refractivity contribution in [3.05, 3.63) is 17.5 Å². The maximum atomic E-state index is 10.9. The molecule has 1 aromatic heterocycles.